The first-order valence-corrected chi connectivity index (χ1v) is 6.21. The summed E-state index contributed by atoms with van der Waals surface area (Å²) in [6, 6.07) is 8.36. The molecule has 1 aromatic rings. The molecule has 0 atom stereocenters. The zero-order valence-corrected chi connectivity index (χ0v) is 11.4. The van der Waals surface area contributed by atoms with E-state index in [2.05, 4.69) is 32.9 Å². The van der Waals surface area contributed by atoms with E-state index in [1.165, 1.54) is 16.7 Å². The number of fused-ring (bicyclic) bond motifs is 1. The molecule has 0 saturated heterocycles. The molecule has 0 amide bonds. The minimum atomic E-state index is -1.38. The zero-order chi connectivity index (χ0) is 13.5. The molecule has 0 saturated carbocycles. The molecule has 0 unspecified atom stereocenters. The summed E-state index contributed by atoms with van der Waals surface area (Å²) in [5.41, 5.74) is 5.43. The smallest absolute Gasteiger partial charge is 0.423 e. The molecule has 18 heavy (non-hydrogen) atoms. The zero-order valence-electron chi connectivity index (χ0n) is 11.4. The largest absolute Gasteiger partial charge is 0.483 e. The van der Waals surface area contributed by atoms with Crippen molar-refractivity contribution in [3.8, 4) is 0 Å². The number of rotatable bonds is 2. The lowest BCUT2D eigenvalue weighted by atomic mass is 9.75. The number of benzene rings is 1. The molecule has 0 bridgehead atoms. The normalized spacial score (nSPS) is 18.0. The summed E-state index contributed by atoms with van der Waals surface area (Å²) in [7, 11) is -1.38. The quantitative estimate of drug-likeness (QED) is 0.783. The molecule has 1 aliphatic carbocycles. The Hall–Kier alpha value is -1.32. The van der Waals surface area contributed by atoms with Crippen LogP contribution in [0, 0.1) is 0 Å². The van der Waals surface area contributed by atoms with E-state index in [1.54, 1.807) is 6.92 Å². The average Bonchev–Trinajstić information content (AvgIpc) is 2.51. The van der Waals surface area contributed by atoms with Gasteiger partial charge in [0.15, 0.2) is 0 Å². The highest BCUT2D eigenvalue weighted by Crippen LogP contribution is 2.46. The molecule has 1 aliphatic rings. The maximum absolute atomic E-state index is 9.22. The first kappa shape index (κ1) is 13.1. The van der Waals surface area contributed by atoms with E-state index in [0.717, 1.165) is 5.57 Å². The van der Waals surface area contributed by atoms with Gasteiger partial charge in [-0.25, -0.2) is 0 Å². The number of hydrogen-bond acceptors (Lipinski definition) is 2. The van der Waals surface area contributed by atoms with Gasteiger partial charge in [-0.3, -0.25) is 0 Å². The van der Waals surface area contributed by atoms with Crippen LogP contribution in [0.5, 0.6) is 0 Å². The van der Waals surface area contributed by atoms with E-state index >= 15 is 0 Å². The fourth-order valence-corrected chi connectivity index (χ4v) is 2.70. The summed E-state index contributed by atoms with van der Waals surface area (Å²) in [6.07, 6.45) is 1.90. The maximum atomic E-state index is 9.22. The molecule has 1 aromatic carbocycles. The van der Waals surface area contributed by atoms with Crippen LogP contribution in [0.4, 0.5) is 0 Å². The van der Waals surface area contributed by atoms with Gasteiger partial charge in [-0.1, -0.05) is 44.2 Å². The minimum Gasteiger partial charge on any atom is -0.423 e. The molecule has 0 aliphatic heterocycles. The lowest BCUT2D eigenvalue weighted by Crippen LogP contribution is -2.19. The fraction of sp³-hybridized carbons (Fsp3) is 0.333. The van der Waals surface area contributed by atoms with Crippen molar-refractivity contribution in [2.24, 2.45) is 0 Å². The Bertz CT molecular complexity index is 539. The number of allylic oxidation sites excluding steroid dienone is 4. The van der Waals surface area contributed by atoms with Gasteiger partial charge in [0.2, 0.25) is 0 Å². The molecule has 2 rings (SSSR count). The number of hydrogen-bond donors (Lipinski definition) is 2. The van der Waals surface area contributed by atoms with Crippen LogP contribution < -0.4 is 0 Å². The minimum absolute atomic E-state index is 0.0865. The third kappa shape index (κ3) is 1.94. The summed E-state index contributed by atoms with van der Waals surface area (Å²) in [5.74, 6) is 0. The van der Waals surface area contributed by atoms with E-state index in [1.807, 2.05) is 18.2 Å². The summed E-state index contributed by atoms with van der Waals surface area (Å²) in [4.78, 5) is 0. The summed E-state index contributed by atoms with van der Waals surface area (Å²) in [6.45, 7) is 8.18. The van der Waals surface area contributed by atoms with Crippen LogP contribution in [0.1, 0.15) is 38.8 Å². The highest BCUT2D eigenvalue weighted by molar-refractivity contribution is 6.50. The molecule has 94 valence electrons. The van der Waals surface area contributed by atoms with Gasteiger partial charge in [0.05, 0.1) is 0 Å². The predicted molar refractivity (Wildman–Crippen MR) is 76.0 cm³/mol. The Morgan fingerprint density at radius 3 is 2.39 bits per heavy atom. The highest BCUT2D eigenvalue weighted by atomic mass is 16.4. The Morgan fingerprint density at radius 1 is 1.22 bits per heavy atom. The van der Waals surface area contributed by atoms with Gasteiger partial charge < -0.3 is 10.0 Å². The van der Waals surface area contributed by atoms with Crippen LogP contribution in [0.15, 0.2) is 41.4 Å². The first-order valence-electron chi connectivity index (χ1n) is 6.21. The molecule has 0 radical (unpaired) electrons. The van der Waals surface area contributed by atoms with Crippen LogP contribution in [0.2, 0.25) is 0 Å². The van der Waals surface area contributed by atoms with Crippen LogP contribution in [0.25, 0.3) is 5.57 Å². The monoisotopic (exact) mass is 242 g/mol. The van der Waals surface area contributed by atoms with Gasteiger partial charge in [-0.2, -0.15) is 0 Å². The second-order valence-corrected chi connectivity index (χ2v) is 5.47. The second-order valence-electron chi connectivity index (χ2n) is 5.47. The summed E-state index contributed by atoms with van der Waals surface area (Å²) < 4.78 is 0. The standard InChI is InChI=1S/C15H19BO2/c1-10(16(17)18)9-14-11(2)12-7-5-6-8-13(12)15(14,3)4/h5-9,17-18H,1-4H3/b10-9+. The van der Waals surface area contributed by atoms with E-state index in [-0.39, 0.29) is 5.41 Å². The summed E-state index contributed by atoms with van der Waals surface area (Å²) >= 11 is 0. The van der Waals surface area contributed by atoms with E-state index < -0.39 is 7.12 Å². The predicted octanol–water partition coefficient (Wildman–Crippen LogP) is 2.71. The van der Waals surface area contributed by atoms with Crippen molar-refractivity contribution < 1.29 is 10.0 Å². The molecule has 0 spiro atoms. The van der Waals surface area contributed by atoms with Gasteiger partial charge in [0.1, 0.15) is 0 Å². The maximum Gasteiger partial charge on any atom is 0.483 e. The molecule has 2 nitrogen and oxygen atoms in total. The van der Waals surface area contributed by atoms with E-state index in [4.69, 9.17) is 0 Å². The van der Waals surface area contributed by atoms with Crippen molar-refractivity contribution in [1.29, 1.82) is 0 Å². The fourth-order valence-electron chi connectivity index (χ4n) is 2.70. The van der Waals surface area contributed by atoms with Crippen LogP contribution in [-0.2, 0) is 5.41 Å². The van der Waals surface area contributed by atoms with Crippen LogP contribution in [0.3, 0.4) is 0 Å². The van der Waals surface area contributed by atoms with Crippen LogP contribution >= 0.6 is 0 Å². The van der Waals surface area contributed by atoms with Gasteiger partial charge in [0.25, 0.3) is 0 Å². The Labute approximate surface area is 109 Å². The SMILES string of the molecule is CC1=C(/C=C(\C)B(O)O)C(C)(C)c2ccccc21. The van der Waals surface area contributed by atoms with Crippen molar-refractivity contribution in [1.82, 2.24) is 0 Å². The lowest BCUT2D eigenvalue weighted by Gasteiger charge is -2.23. The Morgan fingerprint density at radius 2 is 1.83 bits per heavy atom. The van der Waals surface area contributed by atoms with Gasteiger partial charge in [-0.15, -0.1) is 0 Å². The lowest BCUT2D eigenvalue weighted by molar-refractivity contribution is 0.419. The van der Waals surface area contributed by atoms with Crippen LogP contribution in [-0.4, -0.2) is 17.2 Å². The van der Waals surface area contributed by atoms with Crippen molar-refractivity contribution in [2.45, 2.75) is 33.1 Å². The Kier molecular flexibility index (Phi) is 3.22. The topological polar surface area (TPSA) is 40.5 Å². The molecule has 0 heterocycles. The molecular formula is C15H19BO2. The highest BCUT2D eigenvalue weighted by Gasteiger charge is 2.34. The third-order valence-corrected chi connectivity index (χ3v) is 3.86. The Balaban J connectivity index is 2.57. The molecule has 0 fully saturated rings. The molecule has 3 heteroatoms. The van der Waals surface area contributed by atoms with Gasteiger partial charge in [-0.05, 0) is 41.6 Å². The van der Waals surface area contributed by atoms with Crippen molar-refractivity contribution >= 4 is 12.7 Å². The average molecular weight is 242 g/mol. The van der Waals surface area contributed by atoms with E-state index in [0.29, 0.717) is 5.47 Å². The van der Waals surface area contributed by atoms with Gasteiger partial charge >= 0.3 is 7.12 Å². The van der Waals surface area contributed by atoms with Crippen molar-refractivity contribution in [3.63, 3.8) is 0 Å². The molecular weight excluding hydrogens is 223 g/mol. The molecule has 2 N–H and O–H groups in total. The molecule has 0 aromatic heterocycles. The van der Waals surface area contributed by atoms with Crippen molar-refractivity contribution in [2.75, 3.05) is 0 Å². The van der Waals surface area contributed by atoms with Crippen molar-refractivity contribution in [3.05, 3.63) is 52.5 Å². The third-order valence-electron chi connectivity index (χ3n) is 3.86. The first-order chi connectivity index (χ1) is 8.35. The summed E-state index contributed by atoms with van der Waals surface area (Å²) in [5, 5.41) is 18.4. The van der Waals surface area contributed by atoms with Gasteiger partial charge in [0, 0.05) is 5.41 Å². The second kappa shape index (κ2) is 4.41. The van der Waals surface area contributed by atoms with E-state index in [9.17, 15) is 10.0 Å².